The molecule has 0 amide bonds. The van der Waals surface area contributed by atoms with Crippen LogP contribution in [-0.2, 0) is 20.1 Å². The molecule has 4 nitrogen and oxygen atoms in total. The van der Waals surface area contributed by atoms with E-state index in [2.05, 4.69) is 15.2 Å². The van der Waals surface area contributed by atoms with Crippen LogP contribution < -0.4 is 5.32 Å². The van der Waals surface area contributed by atoms with E-state index in [1.807, 2.05) is 17.8 Å². The third-order valence-electron chi connectivity index (χ3n) is 5.88. The second-order valence-electron chi connectivity index (χ2n) is 7.57. The molecule has 1 atom stereocenters. The topological polar surface area (TPSA) is 33.1 Å². The van der Waals surface area contributed by atoms with Crippen molar-refractivity contribution >= 4 is 12.4 Å². The number of aromatic nitrogens is 2. The van der Waals surface area contributed by atoms with Crippen LogP contribution in [0.1, 0.15) is 30.7 Å². The van der Waals surface area contributed by atoms with Crippen LogP contribution in [0.2, 0.25) is 0 Å². The quantitative estimate of drug-likeness (QED) is 0.781. The number of nitrogens with zero attached hydrogens (tertiary/aromatic N) is 3. The van der Waals surface area contributed by atoms with E-state index >= 15 is 0 Å². The summed E-state index contributed by atoms with van der Waals surface area (Å²) in [7, 11) is 1.94. The Labute approximate surface area is 163 Å². The van der Waals surface area contributed by atoms with E-state index < -0.39 is 17.5 Å². The van der Waals surface area contributed by atoms with Gasteiger partial charge in [0.1, 0.15) is 5.82 Å². The van der Waals surface area contributed by atoms with E-state index in [0.717, 1.165) is 50.3 Å². The summed E-state index contributed by atoms with van der Waals surface area (Å²) >= 11 is 0. The fourth-order valence-electron chi connectivity index (χ4n) is 4.25. The molecule has 0 bridgehead atoms. The van der Waals surface area contributed by atoms with Gasteiger partial charge < -0.3 is 9.88 Å². The van der Waals surface area contributed by atoms with Gasteiger partial charge in [-0.25, -0.2) is 18.2 Å². The molecule has 2 aliphatic rings. The summed E-state index contributed by atoms with van der Waals surface area (Å²) in [5.41, 5.74) is 0.736. The minimum atomic E-state index is -1.41. The van der Waals surface area contributed by atoms with Crippen LogP contribution in [0.5, 0.6) is 0 Å². The minimum absolute atomic E-state index is 0. The number of nitrogens with one attached hydrogen (secondary N) is 1. The Hall–Kier alpha value is -1.57. The van der Waals surface area contributed by atoms with Crippen LogP contribution in [0.3, 0.4) is 0 Å². The third-order valence-corrected chi connectivity index (χ3v) is 5.88. The first-order valence-corrected chi connectivity index (χ1v) is 9.03. The molecular formula is C19H24ClF3N4. The van der Waals surface area contributed by atoms with Crippen molar-refractivity contribution in [1.82, 2.24) is 19.8 Å². The van der Waals surface area contributed by atoms with Gasteiger partial charge in [-0.2, -0.15) is 0 Å². The largest absolute Gasteiger partial charge is 0.337 e. The lowest BCUT2D eigenvalue weighted by molar-refractivity contribution is 0.182. The molecule has 2 fully saturated rings. The Balaban J connectivity index is 0.00000210. The number of rotatable bonds is 5. The molecule has 1 aliphatic heterocycles. The highest BCUT2D eigenvalue weighted by molar-refractivity contribution is 5.85. The zero-order valence-electron chi connectivity index (χ0n) is 15.2. The summed E-state index contributed by atoms with van der Waals surface area (Å²) in [4.78, 5) is 6.63. The monoisotopic (exact) mass is 400 g/mol. The van der Waals surface area contributed by atoms with Crippen LogP contribution >= 0.6 is 12.4 Å². The van der Waals surface area contributed by atoms with E-state index in [1.54, 1.807) is 6.20 Å². The molecular weight excluding hydrogens is 377 g/mol. The Morgan fingerprint density at radius 1 is 1.19 bits per heavy atom. The Morgan fingerprint density at radius 3 is 2.44 bits per heavy atom. The molecule has 2 aromatic rings. The molecule has 1 aromatic heterocycles. The molecule has 1 saturated carbocycles. The summed E-state index contributed by atoms with van der Waals surface area (Å²) in [5.74, 6) is -2.77. The highest BCUT2D eigenvalue weighted by Crippen LogP contribution is 2.56. The van der Waals surface area contributed by atoms with Crippen molar-refractivity contribution in [2.24, 2.45) is 12.5 Å². The van der Waals surface area contributed by atoms with Crippen molar-refractivity contribution < 1.29 is 13.2 Å². The Kier molecular flexibility index (Phi) is 5.84. The van der Waals surface area contributed by atoms with Crippen molar-refractivity contribution in [3.05, 3.63) is 53.4 Å². The van der Waals surface area contributed by atoms with E-state index in [1.165, 1.54) is 0 Å². The SMILES string of the molecule is Cl.Cn1ccnc1CN(Cc1cc(F)c(F)c(F)c1)C1CC12CCNCC2. The van der Waals surface area contributed by atoms with Gasteiger partial charge in [0.15, 0.2) is 17.5 Å². The average molecular weight is 401 g/mol. The van der Waals surface area contributed by atoms with E-state index in [-0.39, 0.29) is 17.8 Å². The van der Waals surface area contributed by atoms with Crippen molar-refractivity contribution in [3.8, 4) is 0 Å². The molecule has 0 radical (unpaired) electrons. The second kappa shape index (κ2) is 7.81. The van der Waals surface area contributed by atoms with Crippen molar-refractivity contribution in [2.45, 2.75) is 38.4 Å². The molecule has 27 heavy (non-hydrogen) atoms. The molecule has 8 heteroatoms. The van der Waals surface area contributed by atoms with Crippen LogP contribution in [0, 0.1) is 22.9 Å². The normalized spacial score (nSPS) is 20.7. The molecule has 1 unspecified atom stereocenters. The van der Waals surface area contributed by atoms with E-state index in [0.29, 0.717) is 24.7 Å². The predicted octanol–water partition coefficient (Wildman–Crippen LogP) is 3.40. The van der Waals surface area contributed by atoms with Crippen LogP contribution in [-0.4, -0.2) is 33.6 Å². The summed E-state index contributed by atoms with van der Waals surface area (Å²) in [6, 6.07) is 2.56. The van der Waals surface area contributed by atoms with Gasteiger partial charge in [-0.05, 0) is 55.5 Å². The summed E-state index contributed by atoms with van der Waals surface area (Å²) in [6.45, 7) is 2.99. The first kappa shape index (κ1) is 20.2. The van der Waals surface area contributed by atoms with Gasteiger partial charge in [-0.1, -0.05) is 0 Å². The van der Waals surface area contributed by atoms with E-state index in [4.69, 9.17) is 0 Å². The first-order chi connectivity index (χ1) is 12.5. The fraction of sp³-hybridized carbons (Fsp3) is 0.526. The molecule has 4 rings (SSSR count). The van der Waals surface area contributed by atoms with Gasteiger partial charge in [-0.15, -0.1) is 12.4 Å². The number of benzene rings is 1. The lowest BCUT2D eigenvalue weighted by Gasteiger charge is -2.29. The third kappa shape index (κ3) is 4.00. The average Bonchev–Trinajstić information content (AvgIpc) is 3.14. The highest BCUT2D eigenvalue weighted by atomic mass is 35.5. The van der Waals surface area contributed by atoms with Crippen molar-refractivity contribution in [3.63, 3.8) is 0 Å². The predicted molar refractivity (Wildman–Crippen MR) is 99.0 cm³/mol. The highest BCUT2D eigenvalue weighted by Gasteiger charge is 2.56. The van der Waals surface area contributed by atoms with Gasteiger partial charge >= 0.3 is 0 Å². The van der Waals surface area contributed by atoms with Gasteiger partial charge in [0.25, 0.3) is 0 Å². The lowest BCUT2D eigenvalue weighted by atomic mass is 9.93. The maximum Gasteiger partial charge on any atom is 0.194 e. The molecule has 1 aliphatic carbocycles. The van der Waals surface area contributed by atoms with Gasteiger partial charge in [0, 0.05) is 32.0 Å². The summed E-state index contributed by atoms with van der Waals surface area (Å²) < 4.78 is 42.5. The standard InChI is InChI=1S/C19H23F3N4.ClH/c1-25-7-6-24-17(25)12-26(16-10-19(16)2-4-23-5-3-19)11-13-8-14(20)18(22)15(21)9-13;/h6-9,16,23H,2-5,10-12H2,1H3;1H. The summed E-state index contributed by atoms with van der Waals surface area (Å²) in [5, 5.41) is 3.39. The molecule has 1 N–H and O–H groups in total. The summed E-state index contributed by atoms with van der Waals surface area (Å²) in [6.07, 6.45) is 6.95. The molecule has 2 heterocycles. The van der Waals surface area contributed by atoms with Crippen LogP contribution in [0.15, 0.2) is 24.5 Å². The van der Waals surface area contributed by atoms with Gasteiger partial charge in [0.2, 0.25) is 0 Å². The number of imidazole rings is 1. The lowest BCUT2D eigenvalue weighted by Crippen LogP contribution is -2.36. The molecule has 1 aromatic carbocycles. The number of hydrogen-bond donors (Lipinski definition) is 1. The number of piperidine rings is 1. The zero-order valence-corrected chi connectivity index (χ0v) is 16.0. The smallest absolute Gasteiger partial charge is 0.194 e. The maximum absolute atomic E-state index is 13.6. The van der Waals surface area contributed by atoms with Gasteiger partial charge in [0.05, 0.1) is 6.54 Å². The minimum Gasteiger partial charge on any atom is -0.337 e. The van der Waals surface area contributed by atoms with Gasteiger partial charge in [-0.3, -0.25) is 4.90 Å². The first-order valence-electron chi connectivity index (χ1n) is 9.03. The van der Waals surface area contributed by atoms with Crippen molar-refractivity contribution in [1.29, 1.82) is 0 Å². The van der Waals surface area contributed by atoms with Crippen LogP contribution in [0.4, 0.5) is 13.2 Å². The van der Waals surface area contributed by atoms with Crippen LogP contribution in [0.25, 0.3) is 0 Å². The second-order valence-corrected chi connectivity index (χ2v) is 7.57. The Bertz CT molecular complexity index is 781. The number of halogens is 4. The number of aryl methyl sites for hydroxylation is 1. The molecule has 148 valence electrons. The Morgan fingerprint density at radius 2 is 1.85 bits per heavy atom. The fourth-order valence-corrected chi connectivity index (χ4v) is 4.25. The maximum atomic E-state index is 13.6. The zero-order chi connectivity index (χ0) is 18.3. The van der Waals surface area contributed by atoms with E-state index in [9.17, 15) is 13.2 Å². The molecule has 1 spiro atoms. The molecule has 1 saturated heterocycles. The van der Waals surface area contributed by atoms with Crippen molar-refractivity contribution in [2.75, 3.05) is 13.1 Å². The number of hydrogen-bond acceptors (Lipinski definition) is 3.